The maximum atomic E-state index is 13.4. The van der Waals surface area contributed by atoms with Crippen LogP contribution < -0.4 is 21.7 Å². The number of amides is 3. The highest BCUT2D eigenvalue weighted by molar-refractivity contribution is 6.31. The quantitative estimate of drug-likeness (QED) is 0.0991. The molecule has 24 heteroatoms. The van der Waals surface area contributed by atoms with Gasteiger partial charge >= 0.3 is 12.2 Å². The van der Waals surface area contributed by atoms with Crippen molar-refractivity contribution in [2.24, 2.45) is 33.9 Å². The molecule has 7 aromatic rings. The molecule has 2 aromatic carbocycles. The fraction of sp³-hybridized carbons (Fsp3) is 0.367. The first-order valence-electron chi connectivity index (χ1n) is 22.5. The predicted molar refractivity (Wildman–Crippen MR) is 271 cm³/mol. The summed E-state index contributed by atoms with van der Waals surface area (Å²) in [7, 11) is 7.10. The second-order valence-electron chi connectivity index (χ2n) is 16.8. The van der Waals surface area contributed by atoms with Crippen LogP contribution in [0.2, 0.25) is 10.0 Å². The smallest absolute Gasteiger partial charge is 0.419 e. The van der Waals surface area contributed by atoms with Gasteiger partial charge in [-0.3, -0.25) is 19.0 Å². The molecule has 2 unspecified atom stereocenters. The number of imidazole rings is 1. The van der Waals surface area contributed by atoms with Crippen LogP contribution in [0.5, 0.6) is 0 Å². The molecular weight excluding hydrogens is 990 g/mol. The van der Waals surface area contributed by atoms with E-state index in [4.69, 9.17) is 38.4 Å². The van der Waals surface area contributed by atoms with Crippen molar-refractivity contribution in [3.63, 3.8) is 0 Å². The standard InChI is InChI=1S/C22H24ClFN6O3.C17H19ClFN3O.C8H9N5O2.2CH4/c1-29-10-15-14(20(29)21(31)26-13-7-8-17(24)16(23)9-13)5-3-4-6-18(15)27-22(32)33-11-19-25-12-30(2)28-19;1-22-9-12-11(4-2-3-5-15(12)20)16(22)17(23)21-10-6-7-14(19)13(18)8-10;1-12-6-10-7(11-12)4-15-8(14)13-3-2-9-5-13;;/h7-10,12,18H,3-6,11H2,1-2H3,(H,26,31)(H,27,32);6-9,15H,2-5,20H2,1H3,(H,21,23);2-3,5-6H,4H2,1H3;2*1H4. The highest BCUT2D eigenvalue weighted by atomic mass is 35.5. The fourth-order valence-electron chi connectivity index (χ4n) is 8.23. The molecule has 73 heavy (non-hydrogen) atoms. The number of carbonyl (C=O) groups is 4. The normalized spacial score (nSPS) is 14.6. The van der Waals surface area contributed by atoms with Gasteiger partial charge in [0, 0.05) is 70.4 Å². The number of halogens is 4. The van der Waals surface area contributed by atoms with Crippen molar-refractivity contribution in [3.05, 3.63) is 147 Å². The van der Waals surface area contributed by atoms with Crippen LogP contribution in [0.25, 0.3) is 0 Å². The van der Waals surface area contributed by atoms with Gasteiger partial charge in [-0.2, -0.15) is 10.2 Å². The number of carbonyl (C=O) groups excluding carboxylic acids is 4. The van der Waals surface area contributed by atoms with Crippen LogP contribution in [0.15, 0.2) is 80.2 Å². The molecule has 9 rings (SSSR count). The third-order valence-electron chi connectivity index (χ3n) is 11.5. The van der Waals surface area contributed by atoms with E-state index in [1.165, 1.54) is 70.7 Å². The Hall–Kier alpha value is -7.43. The minimum atomic E-state index is -0.573. The summed E-state index contributed by atoms with van der Waals surface area (Å²) in [5.41, 5.74) is 12.0. The Morgan fingerprint density at radius 3 is 1.71 bits per heavy atom. The van der Waals surface area contributed by atoms with Gasteiger partial charge in [0.2, 0.25) is 0 Å². The average Bonchev–Trinajstić information content (AvgIpc) is 4.18. The highest BCUT2D eigenvalue weighted by Crippen LogP contribution is 2.34. The molecule has 5 N–H and O–H groups in total. The fourth-order valence-corrected chi connectivity index (χ4v) is 8.59. The third-order valence-corrected chi connectivity index (χ3v) is 12.1. The van der Waals surface area contributed by atoms with Crippen molar-refractivity contribution in [1.82, 2.24) is 53.5 Å². The molecule has 2 aliphatic rings. The topological polar surface area (TPSA) is 238 Å². The zero-order chi connectivity index (χ0) is 50.8. The number of alkyl carbamates (subject to hydrolysis) is 1. The molecule has 3 amide bonds. The van der Waals surface area contributed by atoms with Crippen LogP contribution in [-0.4, -0.2) is 72.2 Å². The molecule has 2 atom stereocenters. The lowest BCUT2D eigenvalue weighted by Crippen LogP contribution is -2.29. The van der Waals surface area contributed by atoms with E-state index in [-0.39, 0.29) is 62.0 Å². The molecule has 0 saturated carbocycles. The third kappa shape index (κ3) is 14.6. The molecule has 390 valence electrons. The lowest BCUT2D eigenvalue weighted by Gasteiger charge is -2.17. The van der Waals surface area contributed by atoms with E-state index in [0.29, 0.717) is 40.8 Å². The first-order chi connectivity index (χ1) is 34.0. The van der Waals surface area contributed by atoms with Crippen LogP contribution in [0, 0.1) is 11.6 Å². The van der Waals surface area contributed by atoms with E-state index in [9.17, 15) is 28.0 Å². The Balaban J connectivity index is 0.000000215. The van der Waals surface area contributed by atoms with Gasteiger partial charge < -0.3 is 40.3 Å². The molecule has 0 aliphatic heterocycles. The van der Waals surface area contributed by atoms with Gasteiger partial charge in [0.05, 0.1) is 16.1 Å². The summed E-state index contributed by atoms with van der Waals surface area (Å²) in [4.78, 5) is 61.2. The summed E-state index contributed by atoms with van der Waals surface area (Å²) in [6, 6.07) is 7.84. The Morgan fingerprint density at radius 1 is 0.712 bits per heavy atom. The van der Waals surface area contributed by atoms with E-state index < -0.39 is 23.8 Å². The second-order valence-corrected chi connectivity index (χ2v) is 17.6. The molecule has 0 radical (unpaired) electrons. The van der Waals surface area contributed by atoms with Crippen LogP contribution >= 0.6 is 23.2 Å². The zero-order valence-corrected chi connectivity index (χ0v) is 40.8. The van der Waals surface area contributed by atoms with Gasteiger partial charge in [-0.1, -0.05) is 50.9 Å². The number of rotatable bonds is 9. The number of anilines is 2. The Kier molecular flexibility index (Phi) is 20.0. The maximum absolute atomic E-state index is 13.4. The Bertz CT molecular complexity index is 3000. The van der Waals surface area contributed by atoms with Crippen molar-refractivity contribution < 1.29 is 37.4 Å². The predicted octanol–water partition coefficient (Wildman–Crippen LogP) is 9.16. The summed E-state index contributed by atoms with van der Waals surface area (Å²) in [5, 5.41) is 16.4. The van der Waals surface area contributed by atoms with Crippen molar-refractivity contribution in [2.45, 2.75) is 91.5 Å². The number of benzene rings is 2. The minimum Gasteiger partial charge on any atom is -0.441 e. The van der Waals surface area contributed by atoms with Crippen molar-refractivity contribution in [3.8, 4) is 0 Å². The van der Waals surface area contributed by atoms with Gasteiger partial charge in [-0.05, 0) is 97.2 Å². The average molecular weight is 1050 g/mol. The number of nitrogens with one attached hydrogen (secondary N) is 3. The molecule has 0 bridgehead atoms. The van der Waals surface area contributed by atoms with Gasteiger partial charge in [0.25, 0.3) is 11.8 Å². The molecular formula is C49H60Cl2F2N14O6. The summed E-state index contributed by atoms with van der Waals surface area (Å²) in [6.07, 6.45) is 17.2. The number of nitrogens with zero attached hydrogens (tertiary/aromatic N) is 10. The van der Waals surface area contributed by atoms with E-state index in [0.717, 1.165) is 67.2 Å². The number of aryl methyl sites for hydroxylation is 4. The number of aromatic nitrogens is 10. The van der Waals surface area contributed by atoms with E-state index in [1.807, 2.05) is 24.0 Å². The van der Waals surface area contributed by atoms with E-state index >= 15 is 0 Å². The number of nitrogens with two attached hydrogens (primary N) is 1. The molecule has 20 nitrogen and oxygen atoms in total. The maximum Gasteiger partial charge on any atom is 0.419 e. The van der Waals surface area contributed by atoms with E-state index in [2.05, 4.69) is 41.1 Å². The zero-order valence-electron chi connectivity index (χ0n) is 39.2. The van der Waals surface area contributed by atoms with E-state index in [1.54, 1.807) is 36.7 Å². The van der Waals surface area contributed by atoms with Crippen LogP contribution in [0.1, 0.15) is 120 Å². The summed E-state index contributed by atoms with van der Waals surface area (Å²) in [5.74, 6) is -0.749. The second kappa shape index (κ2) is 25.8. The highest BCUT2D eigenvalue weighted by Gasteiger charge is 2.29. The number of hydrogen-bond donors (Lipinski definition) is 4. The van der Waals surface area contributed by atoms with Gasteiger partial charge in [-0.25, -0.2) is 37.9 Å². The van der Waals surface area contributed by atoms with Gasteiger partial charge in [0.15, 0.2) is 24.9 Å². The Labute approximate surface area is 431 Å². The van der Waals surface area contributed by atoms with Crippen LogP contribution in [-0.2, 0) is 63.7 Å². The minimum absolute atomic E-state index is 0. The largest absolute Gasteiger partial charge is 0.441 e. The summed E-state index contributed by atoms with van der Waals surface area (Å²) in [6.45, 7) is 0.0206. The van der Waals surface area contributed by atoms with Crippen molar-refractivity contribution >= 4 is 58.6 Å². The van der Waals surface area contributed by atoms with Crippen LogP contribution in [0.3, 0.4) is 0 Å². The van der Waals surface area contributed by atoms with Crippen molar-refractivity contribution in [2.75, 3.05) is 10.6 Å². The molecule has 0 saturated heterocycles. The summed E-state index contributed by atoms with van der Waals surface area (Å²) < 4.78 is 44.7. The molecule has 5 aromatic heterocycles. The molecule has 2 aliphatic carbocycles. The lowest BCUT2D eigenvalue weighted by molar-refractivity contribution is 0.101. The monoisotopic (exact) mass is 1050 g/mol. The number of fused-ring (bicyclic) bond motifs is 2. The van der Waals surface area contributed by atoms with Crippen LogP contribution in [0.4, 0.5) is 29.7 Å². The SMILES string of the molecule is C.C.Cn1cc2c(c1C(=O)Nc1ccc(F)c(Cl)c1)CCCCC2N.Cn1cnc(COC(=O)NC2CCCCc3c2cn(C)c3C(=O)Nc2ccc(F)c(Cl)c2)n1.Cn1cnc(COC(=O)n2ccnc2)n1. The summed E-state index contributed by atoms with van der Waals surface area (Å²) >= 11 is 11.6. The molecule has 5 heterocycles. The first kappa shape index (κ1) is 56.5. The van der Waals surface area contributed by atoms with Crippen molar-refractivity contribution in [1.29, 1.82) is 0 Å². The molecule has 0 fully saturated rings. The van der Waals surface area contributed by atoms with Gasteiger partial charge in [-0.15, -0.1) is 0 Å². The van der Waals surface area contributed by atoms with Gasteiger partial charge in [0.1, 0.15) is 42.0 Å². The lowest BCUT2D eigenvalue weighted by atomic mass is 10.0. The molecule has 0 spiro atoms. The number of ether oxygens (including phenoxy) is 2. The first-order valence-corrected chi connectivity index (χ1v) is 23.2. The Morgan fingerprint density at radius 2 is 1.22 bits per heavy atom. The number of hydrogen-bond acceptors (Lipinski definition) is 12.